The summed E-state index contributed by atoms with van der Waals surface area (Å²) in [4.78, 5) is 33.5. The smallest absolute Gasteiger partial charge is 0.268 e. The molecule has 4 aromatic rings. The lowest BCUT2D eigenvalue weighted by molar-refractivity contribution is 0.0854. The van der Waals surface area contributed by atoms with Crippen molar-refractivity contribution in [2.75, 3.05) is 7.11 Å². The third kappa shape index (κ3) is 4.77. The van der Waals surface area contributed by atoms with E-state index in [4.69, 9.17) is 27.9 Å². The number of nitrogens with zero attached hydrogens (tertiary/aromatic N) is 1. The van der Waals surface area contributed by atoms with Gasteiger partial charge >= 0.3 is 0 Å². The van der Waals surface area contributed by atoms with Crippen molar-refractivity contribution in [3.8, 4) is 5.88 Å². The van der Waals surface area contributed by atoms with Gasteiger partial charge in [0, 0.05) is 45.2 Å². The van der Waals surface area contributed by atoms with Crippen LogP contribution in [0.4, 0.5) is 0 Å². The number of carbonyl (C=O) groups is 2. The fourth-order valence-electron chi connectivity index (χ4n) is 3.40. The van der Waals surface area contributed by atoms with E-state index in [0.29, 0.717) is 27.2 Å². The van der Waals surface area contributed by atoms with Crippen molar-refractivity contribution < 1.29 is 14.3 Å². The third-order valence-corrected chi connectivity index (χ3v) is 5.66. The lowest BCUT2D eigenvalue weighted by Crippen LogP contribution is -2.42. The topological polar surface area (TPSA) is 84.1 Å². The maximum absolute atomic E-state index is 13.3. The molecule has 2 N–H and O–H groups in total. The summed E-state index contributed by atoms with van der Waals surface area (Å²) in [6.45, 7) is 0. The molecule has 0 aliphatic heterocycles. The normalized spacial score (nSPS) is 11.8. The average molecular weight is 468 g/mol. The molecule has 2 aromatic heterocycles. The van der Waals surface area contributed by atoms with Crippen LogP contribution in [0.1, 0.15) is 26.4 Å². The summed E-state index contributed by atoms with van der Waals surface area (Å²) in [6.07, 6.45) is 1.65. The van der Waals surface area contributed by atoms with Gasteiger partial charge in [0.1, 0.15) is 5.69 Å². The van der Waals surface area contributed by atoms with Gasteiger partial charge in [-0.2, -0.15) is 0 Å². The molecular weight excluding hydrogens is 449 g/mol. The van der Waals surface area contributed by atoms with Gasteiger partial charge in [0.15, 0.2) is 5.78 Å². The Labute approximate surface area is 194 Å². The van der Waals surface area contributed by atoms with Crippen molar-refractivity contribution in [1.82, 2.24) is 15.3 Å². The number of carbonyl (C=O) groups excluding carboxylic acids is 2. The van der Waals surface area contributed by atoms with E-state index in [2.05, 4.69) is 15.3 Å². The number of pyridine rings is 1. The van der Waals surface area contributed by atoms with Crippen molar-refractivity contribution in [2.45, 2.75) is 12.5 Å². The Kier molecular flexibility index (Phi) is 6.44. The second-order valence-corrected chi connectivity index (χ2v) is 8.03. The first-order valence-electron chi connectivity index (χ1n) is 9.81. The van der Waals surface area contributed by atoms with Crippen molar-refractivity contribution in [3.63, 3.8) is 0 Å². The number of rotatable bonds is 7. The zero-order chi connectivity index (χ0) is 22.7. The van der Waals surface area contributed by atoms with Crippen LogP contribution in [-0.4, -0.2) is 34.8 Å². The molecule has 0 radical (unpaired) electrons. The third-order valence-electron chi connectivity index (χ3n) is 5.06. The molecule has 2 aromatic carbocycles. The Bertz CT molecular complexity index is 1290. The molecule has 0 fully saturated rings. The molecule has 2 heterocycles. The highest BCUT2D eigenvalue weighted by atomic mass is 35.5. The highest BCUT2D eigenvalue weighted by molar-refractivity contribution is 6.31. The summed E-state index contributed by atoms with van der Waals surface area (Å²) in [7, 11) is 1.50. The largest absolute Gasteiger partial charge is 0.481 e. The first-order chi connectivity index (χ1) is 15.4. The van der Waals surface area contributed by atoms with Gasteiger partial charge in [-0.1, -0.05) is 41.4 Å². The van der Waals surface area contributed by atoms with Crippen LogP contribution < -0.4 is 10.1 Å². The molecule has 0 aliphatic rings. The van der Waals surface area contributed by atoms with Gasteiger partial charge in [0.05, 0.1) is 13.2 Å². The molecule has 0 aliphatic carbocycles. The van der Waals surface area contributed by atoms with Gasteiger partial charge in [-0.15, -0.1) is 0 Å². The van der Waals surface area contributed by atoms with Crippen molar-refractivity contribution in [3.05, 3.63) is 93.7 Å². The molecule has 0 bridgehead atoms. The number of amides is 1. The van der Waals surface area contributed by atoms with Gasteiger partial charge in [-0.05, 0) is 42.0 Å². The number of aromatic nitrogens is 2. The number of hydrogen-bond donors (Lipinski definition) is 2. The Hall–Kier alpha value is -3.35. The predicted octanol–water partition coefficient (Wildman–Crippen LogP) is 5.10. The lowest BCUT2D eigenvalue weighted by atomic mass is 9.98. The number of fused-ring (bicyclic) bond motifs is 1. The highest BCUT2D eigenvalue weighted by Crippen LogP contribution is 2.22. The summed E-state index contributed by atoms with van der Waals surface area (Å²) >= 11 is 12.4. The molecule has 8 heteroatoms. The summed E-state index contributed by atoms with van der Waals surface area (Å²) in [6, 6.07) is 16.6. The van der Waals surface area contributed by atoms with Crippen LogP contribution in [-0.2, 0) is 6.42 Å². The Morgan fingerprint density at radius 3 is 2.62 bits per heavy atom. The molecule has 4 rings (SSSR count). The summed E-state index contributed by atoms with van der Waals surface area (Å²) in [5.74, 6) is -0.304. The molecule has 32 heavy (non-hydrogen) atoms. The van der Waals surface area contributed by atoms with Crippen molar-refractivity contribution >= 4 is 45.8 Å². The zero-order valence-electron chi connectivity index (χ0n) is 17.1. The van der Waals surface area contributed by atoms with E-state index < -0.39 is 11.9 Å². The van der Waals surface area contributed by atoms with E-state index in [1.807, 2.05) is 18.2 Å². The van der Waals surface area contributed by atoms with Crippen LogP contribution >= 0.6 is 23.2 Å². The number of ketones is 1. The van der Waals surface area contributed by atoms with Gasteiger partial charge in [0.25, 0.3) is 5.91 Å². The molecule has 0 spiro atoms. The minimum Gasteiger partial charge on any atom is -0.481 e. The monoisotopic (exact) mass is 467 g/mol. The maximum Gasteiger partial charge on any atom is 0.268 e. The van der Waals surface area contributed by atoms with E-state index in [1.54, 1.807) is 42.5 Å². The first-order valence-corrected chi connectivity index (χ1v) is 10.6. The predicted molar refractivity (Wildman–Crippen MR) is 125 cm³/mol. The van der Waals surface area contributed by atoms with E-state index in [9.17, 15) is 9.59 Å². The molecule has 0 saturated carbocycles. The SMILES string of the molecule is COc1ccc(C(=O)[C@@H](Cc2ccccc2Cl)NC(=O)c2cc3cc(Cl)ccc3[nH]2)cn1. The Balaban J connectivity index is 1.63. The van der Waals surface area contributed by atoms with Gasteiger partial charge in [-0.25, -0.2) is 4.98 Å². The summed E-state index contributed by atoms with van der Waals surface area (Å²) in [5, 5.41) is 4.74. The van der Waals surface area contributed by atoms with Gasteiger partial charge < -0.3 is 15.0 Å². The first kappa shape index (κ1) is 21.9. The highest BCUT2D eigenvalue weighted by Gasteiger charge is 2.25. The van der Waals surface area contributed by atoms with Crippen LogP contribution in [0.15, 0.2) is 66.9 Å². The number of H-pyrrole nitrogens is 1. The molecule has 0 unspecified atom stereocenters. The van der Waals surface area contributed by atoms with Crippen molar-refractivity contribution in [1.29, 1.82) is 0 Å². The van der Waals surface area contributed by atoms with E-state index in [0.717, 1.165) is 16.5 Å². The van der Waals surface area contributed by atoms with E-state index in [-0.39, 0.29) is 12.2 Å². The fourth-order valence-corrected chi connectivity index (χ4v) is 3.80. The van der Waals surface area contributed by atoms with Crippen LogP contribution in [0.2, 0.25) is 10.0 Å². The van der Waals surface area contributed by atoms with Crippen LogP contribution in [0.25, 0.3) is 10.9 Å². The quantitative estimate of drug-likeness (QED) is 0.370. The van der Waals surface area contributed by atoms with E-state index in [1.165, 1.54) is 13.3 Å². The summed E-state index contributed by atoms with van der Waals surface area (Å²) < 4.78 is 5.06. The minimum atomic E-state index is -0.854. The minimum absolute atomic E-state index is 0.225. The number of ether oxygens (including phenoxy) is 1. The molecule has 1 atom stereocenters. The Morgan fingerprint density at radius 1 is 1.09 bits per heavy atom. The second-order valence-electron chi connectivity index (χ2n) is 7.19. The lowest BCUT2D eigenvalue weighted by Gasteiger charge is -2.18. The van der Waals surface area contributed by atoms with Gasteiger partial charge in [0.2, 0.25) is 5.88 Å². The fraction of sp³-hybridized carbons (Fsp3) is 0.125. The standard InChI is InChI=1S/C24H19Cl2N3O3/c1-32-22-9-6-15(13-27-22)23(30)20(11-14-4-2-3-5-18(14)26)29-24(31)21-12-16-10-17(25)7-8-19(16)28-21/h2-10,12-13,20,28H,11H2,1H3,(H,29,31)/t20-/m1/s1. The molecule has 6 nitrogen and oxygen atoms in total. The van der Waals surface area contributed by atoms with Crippen LogP contribution in [0, 0.1) is 0 Å². The number of nitrogens with one attached hydrogen (secondary N) is 2. The number of methoxy groups -OCH3 is 1. The van der Waals surface area contributed by atoms with Crippen molar-refractivity contribution in [2.24, 2.45) is 0 Å². The number of benzene rings is 2. The zero-order valence-corrected chi connectivity index (χ0v) is 18.6. The average Bonchev–Trinajstić information content (AvgIpc) is 3.23. The molecule has 162 valence electrons. The van der Waals surface area contributed by atoms with Gasteiger partial charge in [-0.3, -0.25) is 9.59 Å². The molecule has 0 saturated heterocycles. The number of Topliss-reactive ketones (excluding diaryl/α,β-unsaturated/α-hetero) is 1. The van der Waals surface area contributed by atoms with Crippen LogP contribution in [0.5, 0.6) is 5.88 Å². The number of aromatic amines is 1. The second kappa shape index (κ2) is 9.42. The molecular formula is C24H19Cl2N3O3. The molecule has 1 amide bonds. The van der Waals surface area contributed by atoms with E-state index >= 15 is 0 Å². The Morgan fingerprint density at radius 2 is 1.91 bits per heavy atom. The maximum atomic E-state index is 13.3. The number of hydrogen-bond acceptors (Lipinski definition) is 4. The summed E-state index contributed by atoms with van der Waals surface area (Å²) in [5.41, 5.74) is 2.20. The van der Waals surface area contributed by atoms with Crippen LogP contribution in [0.3, 0.4) is 0 Å². The number of halogens is 2.